The highest BCUT2D eigenvalue weighted by Gasteiger charge is 2.26. The van der Waals surface area contributed by atoms with Crippen LogP contribution in [0.1, 0.15) is 123 Å². The van der Waals surface area contributed by atoms with Gasteiger partial charge in [0, 0.05) is 24.1 Å². The molecule has 3 rings (SSSR count). The van der Waals surface area contributed by atoms with Crippen molar-refractivity contribution in [3.8, 4) is 11.4 Å². The Labute approximate surface area is 240 Å². The molecule has 216 valence electrons. The van der Waals surface area contributed by atoms with Crippen LogP contribution in [0.5, 0.6) is 0 Å². The van der Waals surface area contributed by atoms with E-state index in [0.717, 1.165) is 42.8 Å². The number of fused-ring (bicyclic) bond motifs is 1. The number of hydrogen-bond acceptors (Lipinski definition) is 3. The van der Waals surface area contributed by atoms with Gasteiger partial charge in [-0.3, -0.25) is 4.79 Å². The van der Waals surface area contributed by atoms with Gasteiger partial charge in [0.05, 0.1) is 12.1 Å². The third kappa shape index (κ3) is 9.09. The fourth-order valence-electron chi connectivity index (χ4n) is 5.11. The molecule has 0 unspecified atom stereocenters. The molecule has 0 radical (unpaired) electrons. The van der Waals surface area contributed by atoms with Gasteiger partial charge in [-0.2, -0.15) is 5.10 Å². The summed E-state index contributed by atoms with van der Waals surface area (Å²) in [5, 5.41) is 9.93. The van der Waals surface area contributed by atoms with Gasteiger partial charge in [0.15, 0.2) is 11.5 Å². The highest BCUT2D eigenvalue weighted by atomic mass is 35.5. The molecular weight excluding hydrogens is 506 g/mol. The molecule has 1 amide bonds. The lowest BCUT2D eigenvalue weighted by molar-refractivity contribution is -0.130. The van der Waals surface area contributed by atoms with Crippen molar-refractivity contribution in [2.75, 3.05) is 13.1 Å². The summed E-state index contributed by atoms with van der Waals surface area (Å²) in [7, 11) is 0. The number of aromatic amines is 1. The second-order valence-corrected chi connectivity index (χ2v) is 12.4. The summed E-state index contributed by atoms with van der Waals surface area (Å²) in [5.74, 6) is 0.885. The summed E-state index contributed by atoms with van der Waals surface area (Å²) in [4.78, 5) is 19.1. The summed E-state index contributed by atoms with van der Waals surface area (Å²) in [6.45, 7) is 12.5. The Balaban J connectivity index is 1.71. The first-order valence-corrected chi connectivity index (χ1v) is 15.6. The quantitative estimate of drug-likeness (QED) is 0.169. The van der Waals surface area contributed by atoms with Gasteiger partial charge in [0.1, 0.15) is 5.02 Å². The highest BCUT2D eigenvalue weighted by Crippen LogP contribution is 2.32. The van der Waals surface area contributed by atoms with E-state index in [4.69, 9.17) is 16.7 Å². The molecule has 3 aromatic rings. The molecule has 0 aliphatic carbocycles. The summed E-state index contributed by atoms with van der Waals surface area (Å²) >= 11 is 6.67. The number of amides is 1. The fourth-order valence-corrected chi connectivity index (χ4v) is 5.55. The third-order valence-corrected chi connectivity index (χ3v) is 7.84. The first-order chi connectivity index (χ1) is 18.8. The molecule has 0 aliphatic rings. The molecule has 39 heavy (non-hydrogen) atoms. The van der Waals surface area contributed by atoms with E-state index in [1.165, 1.54) is 64.2 Å². The molecule has 2 aromatic heterocycles. The minimum absolute atomic E-state index is 0.175. The average molecular weight is 556 g/mol. The molecule has 0 bridgehead atoms. The van der Waals surface area contributed by atoms with Crippen LogP contribution in [-0.4, -0.2) is 43.7 Å². The Hall–Kier alpha value is -2.34. The normalized spacial score (nSPS) is 11.9. The predicted octanol–water partition coefficient (Wildman–Crippen LogP) is 8.77. The Kier molecular flexibility index (Phi) is 12.4. The molecule has 0 spiro atoms. The average Bonchev–Trinajstić information content (AvgIpc) is 3.46. The maximum atomic E-state index is 13.6. The standard InChI is InChI=1S/C32H50ClN5O/c1-6-8-10-12-14-18-22-37(23-19-15-13-11-9-7-2)27(39)24-25-20-16-17-21-26(25)30-34-31-28(33)29(32(3,4)5)35-38(31)36-30/h16-17,20-21H,6-15,18-19,22-24H2,1-5H3,(H,34,36). The summed E-state index contributed by atoms with van der Waals surface area (Å²) in [5.41, 5.74) is 3.22. The van der Waals surface area contributed by atoms with Gasteiger partial charge in [-0.25, -0.2) is 0 Å². The van der Waals surface area contributed by atoms with E-state index in [0.29, 0.717) is 22.9 Å². The van der Waals surface area contributed by atoms with E-state index in [-0.39, 0.29) is 11.3 Å². The van der Waals surface area contributed by atoms with E-state index in [1.807, 2.05) is 24.3 Å². The summed E-state index contributed by atoms with van der Waals surface area (Å²) < 4.78 is 1.58. The zero-order chi connectivity index (χ0) is 28.3. The van der Waals surface area contributed by atoms with Gasteiger partial charge in [-0.15, -0.1) is 9.73 Å². The van der Waals surface area contributed by atoms with Crippen LogP contribution in [0.3, 0.4) is 0 Å². The van der Waals surface area contributed by atoms with Crippen LogP contribution < -0.4 is 0 Å². The number of carbonyl (C=O) groups is 1. The molecule has 0 atom stereocenters. The van der Waals surface area contributed by atoms with Gasteiger partial charge < -0.3 is 9.88 Å². The van der Waals surface area contributed by atoms with E-state index < -0.39 is 0 Å². The van der Waals surface area contributed by atoms with Gasteiger partial charge in [0.25, 0.3) is 0 Å². The van der Waals surface area contributed by atoms with E-state index >= 15 is 0 Å². The van der Waals surface area contributed by atoms with Crippen LogP contribution in [0.25, 0.3) is 17.0 Å². The van der Waals surface area contributed by atoms with E-state index in [1.54, 1.807) is 4.63 Å². The highest BCUT2D eigenvalue weighted by molar-refractivity contribution is 6.34. The number of hydrogen-bond donors (Lipinski definition) is 1. The first kappa shape index (κ1) is 31.2. The van der Waals surface area contributed by atoms with E-state index in [2.05, 4.69) is 49.6 Å². The van der Waals surface area contributed by atoms with Crippen LogP contribution in [0.4, 0.5) is 0 Å². The zero-order valence-corrected chi connectivity index (χ0v) is 25.7. The Morgan fingerprint density at radius 2 is 1.44 bits per heavy atom. The number of unbranched alkanes of at least 4 members (excludes halogenated alkanes) is 10. The minimum Gasteiger partial charge on any atom is -0.342 e. The van der Waals surface area contributed by atoms with E-state index in [9.17, 15) is 4.79 Å². The number of carbonyl (C=O) groups excluding carboxylic acids is 1. The predicted molar refractivity (Wildman–Crippen MR) is 164 cm³/mol. The van der Waals surface area contributed by atoms with Crippen molar-refractivity contribution < 1.29 is 4.79 Å². The first-order valence-electron chi connectivity index (χ1n) is 15.3. The summed E-state index contributed by atoms with van der Waals surface area (Å²) in [6.07, 6.45) is 15.1. The van der Waals surface area contributed by atoms with Crippen molar-refractivity contribution in [1.29, 1.82) is 0 Å². The molecule has 6 nitrogen and oxygen atoms in total. The van der Waals surface area contributed by atoms with Crippen LogP contribution in [-0.2, 0) is 16.6 Å². The number of H-pyrrole nitrogens is 1. The monoisotopic (exact) mass is 555 g/mol. The van der Waals surface area contributed by atoms with Crippen LogP contribution in [0.15, 0.2) is 24.3 Å². The Bertz CT molecular complexity index is 1140. The van der Waals surface area contributed by atoms with Crippen molar-refractivity contribution in [1.82, 2.24) is 24.7 Å². The molecule has 0 saturated carbocycles. The number of halogens is 1. The Morgan fingerprint density at radius 3 is 2.00 bits per heavy atom. The third-order valence-electron chi connectivity index (χ3n) is 7.48. The molecule has 2 heterocycles. The fraction of sp³-hybridized carbons (Fsp3) is 0.656. The number of benzene rings is 1. The van der Waals surface area contributed by atoms with Gasteiger partial charge in [-0.05, 0) is 18.4 Å². The zero-order valence-electron chi connectivity index (χ0n) is 25.0. The number of nitrogens with zero attached hydrogens (tertiary/aromatic N) is 4. The maximum Gasteiger partial charge on any atom is 0.227 e. The van der Waals surface area contributed by atoms with Crippen molar-refractivity contribution in [3.05, 3.63) is 40.5 Å². The molecular formula is C32H50ClN5O. The summed E-state index contributed by atoms with van der Waals surface area (Å²) in [6, 6.07) is 8.04. The van der Waals surface area contributed by atoms with Crippen molar-refractivity contribution in [2.24, 2.45) is 0 Å². The van der Waals surface area contributed by atoms with Gasteiger partial charge in [-0.1, -0.05) is 135 Å². The van der Waals surface area contributed by atoms with Crippen LogP contribution in [0.2, 0.25) is 5.02 Å². The largest absolute Gasteiger partial charge is 0.342 e. The second kappa shape index (κ2) is 15.4. The molecule has 1 N–H and O–H groups in total. The van der Waals surface area contributed by atoms with Gasteiger partial charge >= 0.3 is 0 Å². The number of rotatable bonds is 17. The lowest BCUT2D eigenvalue weighted by atomic mass is 9.92. The molecule has 0 aliphatic heterocycles. The second-order valence-electron chi connectivity index (χ2n) is 12.0. The topological polar surface area (TPSA) is 66.3 Å². The van der Waals surface area contributed by atoms with Crippen molar-refractivity contribution >= 4 is 23.2 Å². The number of nitrogens with one attached hydrogen (secondary N) is 1. The van der Waals surface area contributed by atoms with Crippen LogP contribution >= 0.6 is 11.6 Å². The number of aromatic nitrogens is 4. The van der Waals surface area contributed by atoms with Crippen LogP contribution in [0, 0.1) is 0 Å². The SMILES string of the molecule is CCCCCCCCN(CCCCCCCC)C(=O)Cc1ccccc1-c1nn2nc(C(C)(C)C)c(Cl)c2[nH]1. The lowest BCUT2D eigenvalue weighted by Crippen LogP contribution is -2.34. The Morgan fingerprint density at radius 1 is 0.872 bits per heavy atom. The maximum absolute atomic E-state index is 13.6. The molecule has 0 fully saturated rings. The molecule has 0 saturated heterocycles. The smallest absolute Gasteiger partial charge is 0.227 e. The molecule has 1 aromatic carbocycles. The lowest BCUT2D eigenvalue weighted by Gasteiger charge is -2.23. The molecule has 7 heteroatoms. The minimum atomic E-state index is -0.175. The van der Waals surface area contributed by atoms with Crippen molar-refractivity contribution in [2.45, 2.75) is 124 Å². The van der Waals surface area contributed by atoms with Gasteiger partial charge in [0.2, 0.25) is 5.91 Å². The van der Waals surface area contributed by atoms with Crippen molar-refractivity contribution in [3.63, 3.8) is 0 Å².